The molecule has 1 fully saturated rings. The molecule has 0 atom stereocenters. The molecule has 7 rings (SSSR count). The van der Waals surface area contributed by atoms with Crippen molar-refractivity contribution < 1.29 is 24.1 Å². The SMILES string of the molecule is Cc1ccc2c(c1)-c1cccc(c1)-c1cn3c(c(CC(=O)O)c(C)c(C)c3n1)N1CCC(C)(CC1)OCCOCCO2. The second kappa shape index (κ2) is 11.4. The number of aryl methyl sites for hydroxylation is 2. The Kier molecular flexibility index (Phi) is 7.68. The second-order valence-corrected chi connectivity index (χ2v) is 11.8. The van der Waals surface area contributed by atoms with Crippen molar-refractivity contribution in [3.05, 3.63) is 70.9 Å². The molecular weight excluding hydrogens is 530 g/mol. The zero-order valence-corrected chi connectivity index (χ0v) is 24.9. The van der Waals surface area contributed by atoms with Crippen molar-refractivity contribution in [3.63, 3.8) is 0 Å². The van der Waals surface area contributed by atoms with E-state index in [-0.39, 0.29) is 12.0 Å². The Hall–Kier alpha value is -3.88. The van der Waals surface area contributed by atoms with E-state index < -0.39 is 5.97 Å². The molecule has 1 N–H and O–H groups in total. The maximum Gasteiger partial charge on any atom is 0.307 e. The quantitative estimate of drug-likeness (QED) is 0.296. The molecule has 0 radical (unpaired) electrons. The van der Waals surface area contributed by atoms with E-state index in [1.54, 1.807) is 0 Å². The van der Waals surface area contributed by atoms with Crippen LogP contribution >= 0.6 is 0 Å². The smallest absolute Gasteiger partial charge is 0.307 e. The highest BCUT2D eigenvalue weighted by Crippen LogP contribution is 2.38. The van der Waals surface area contributed by atoms with Gasteiger partial charge in [0.25, 0.3) is 0 Å². The first-order valence-corrected chi connectivity index (χ1v) is 14.8. The molecule has 0 spiro atoms. The van der Waals surface area contributed by atoms with Crippen LogP contribution in [0.25, 0.3) is 28.0 Å². The largest absolute Gasteiger partial charge is 0.491 e. The van der Waals surface area contributed by atoms with Gasteiger partial charge in [-0.1, -0.05) is 29.8 Å². The number of pyridine rings is 1. The van der Waals surface area contributed by atoms with Crippen molar-refractivity contribution >= 4 is 17.4 Å². The number of hydrogen-bond donors (Lipinski definition) is 1. The van der Waals surface area contributed by atoms with Crippen LogP contribution in [0, 0.1) is 20.8 Å². The number of hydrogen-bond acceptors (Lipinski definition) is 6. The van der Waals surface area contributed by atoms with Crippen LogP contribution in [0.2, 0.25) is 0 Å². The van der Waals surface area contributed by atoms with Crippen molar-refractivity contribution in [2.45, 2.75) is 52.6 Å². The Morgan fingerprint density at radius 1 is 0.976 bits per heavy atom. The molecule has 2 aromatic heterocycles. The van der Waals surface area contributed by atoms with Gasteiger partial charge in [-0.3, -0.25) is 9.20 Å². The van der Waals surface area contributed by atoms with E-state index in [1.807, 2.05) is 19.9 Å². The summed E-state index contributed by atoms with van der Waals surface area (Å²) in [4.78, 5) is 19.5. The number of fused-ring (bicyclic) bond motifs is 8. The fourth-order valence-electron chi connectivity index (χ4n) is 6.20. The molecule has 42 heavy (non-hydrogen) atoms. The number of anilines is 1. The summed E-state index contributed by atoms with van der Waals surface area (Å²) < 4.78 is 20.5. The molecule has 0 amide bonds. The van der Waals surface area contributed by atoms with Crippen molar-refractivity contribution in [2.24, 2.45) is 0 Å². The minimum absolute atomic E-state index is 0.0430. The van der Waals surface area contributed by atoms with Gasteiger partial charge in [-0.15, -0.1) is 0 Å². The topological polar surface area (TPSA) is 85.5 Å². The van der Waals surface area contributed by atoms with E-state index in [4.69, 9.17) is 19.2 Å². The van der Waals surface area contributed by atoms with E-state index in [0.29, 0.717) is 26.4 Å². The summed E-state index contributed by atoms with van der Waals surface area (Å²) in [5, 5.41) is 9.88. The van der Waals surface area contributed by atoms with Crippen LogP contribution < -0.4 is 9.64 Å². The van der Waals surface area contributed by atoms with E-state index in [2.05, 4.69) is 65.7 Å². The third-order valence-electron chi connectivity index (χ3n) is 8.77. The molecule has 0 aliphatic carbocycles. The first-order valence-electron chi connectivity index (χ1n) is 14.8. The standard InChI is InChI=1S/C34H39N3O5/c1-22-8-9-30-28(18-22)25-6-5-7-26(19-25)29-21-37-32(35-29)24(3)23(2)27(20-31(38)39)33(37)36-12-10-34(4,11-13-36)42-17-15-40-14-16-41-30/h5-9,18-19,21H,10-17,20H2,1-4H3,(H,38,39). The van der Waals surface area contributed by atoms with Gasteiger partial charge >= 0.3 is 5.97 Å². The van der Waals surface area contributed by atoms with Crippen molar-refractivity contribution in [1.29, 1.82) is 0 Å². The molecular formula is C34H39N3O5. The van der Waals surface area contributed by atoms with Crippen LogP contribution in [0.1, 0.15) is 42.0 Å². The minimum atomic E-state index is -0.839. The van der Waals surface area contributed by atoms with Crippen molar-refractivity contribution in [2.75, 3.05) is 44.4 Å². The molecule has 220 valence electrons. The summed E-state index contributed by atoms with van der Waals surface area (Å²) in [5.41, 5.74) is 8.45. The zero-order valence-electron chi connectivity index (χ0n) is 24.9. The molecule has 0 saturated carbocycles. The second-order valence-electron chi connectivity index (χ2n) is 11.8. The molecule has 8 nitrogen and oxygen atoms in total. The normalized spacial score (nSPS) is 17.2. The summed E-state index contributed by atoms with van der Waals surface area (Å²) in [7, 11) is 0. The molecule has 4 aromatic rings. The summed E-state index contributed by atoms with van der Waals surface area (Å²) in [5.74, 6) is 0.889. The number of carbonyl (C=O) groups is 1. The first-order chi connectivity index (χ1) is 20.2. The lowest BCUT2D eigenvalue weighted by atomic mass is 9.92. The van der Waals surface area contributed by atoms with Gasteiger partial charge < -0.3 is 24.2 Å². The molecule has 5 heterocycles. The number of rotatable bonds is 2. The molecule has 3 aliphatic rings. The van der Waals surface area contributed by atoms with Crippen molar-refractivity contribution in [1.82, 2.24) is 9.38 Å². The third kappa shape index (κ3) is 5.49. The Bertz CT molecular complexity index is 1630. The number of aromatic nitrogens is 2. The Balaban J connectivity index is 1.52. The molecule has 8 heteroatoms. The van der Waals surface area contributed by atoms with Crippen LogP contribution in [-0.2, 0) is 20.7 Å². The molecule has 0 unspecified atom stereocenters. The monoisotopic (exact) mass is 569 g/mol. The number of imidazole rings is 1. The van der Waals surface area contributed by atoms with Crippen LogP contribution in [0.5, 0.6) is 5.75 Å². The van der Waals surface area contributed by atoms with Crippen LogP contribution in [-0.4, -0.2) is 65.6 Å². The summed E-state index contributed by atoms with van der Waals surface area (Å²) >= 11 is 0. The molecule has 1 saturated heterocycles. The average molecular weight is 570 g/mol. The summed E-state index contributed by atoms with van der Waals surface area (Å²) in [6.07, 6.45) is 3.68. The molecule has 3 aliphatic heterocycles. The maximum atomic E-state index is 12.0. The van der Waals surface area contributed by atoms with Gasteiger partial charge in [-0.2, -0.15) is 0 Å². The lowest BCUT2D eigenvalue weighted by Crippen LogP contribution is -2.45. The van der Waals surface area contributed by atoms with Crippen LogP contribution in [0.15, 0.2) is 48.7 Å². The Labute approximate surface area is 246 Å². The lowest BCUT2D eigenvalue weighted by Gasteiger charge is -2.41. The van der Waals surface area contributed by atoms with E-state index in [1.165, 1.54) is 0 Å². The van der Waals surface area contributed by atoms with Gasteiger partial charge in [0.05, 0.1) is 37.5 Å². The highest BCUT2D eigenvalue weighted by Gasteiger charge is 2.33. The number of carboxylic acid groups (broad SMARTS) is 1. The fourth-order valence-corrected chi connectivity index (χ4v) is 6.20. The number of aliphatic carboxylic acids is 1. The minimum Gasteiger partial charge on any atom is -0.491 e. The Morgan fingerprint density at radius 3 is 2.52 bits per heavy atom. The number of nitrogens with zero attached hydrogens (tertiary/aromatic N) is 3. The van der Waals surface area contributed by atoms with Crippen LogP contribution in [0.3, 0.4) is 0 Å². The number of benzene rings is 2. The lowest BCUT2D eigenvalue weighted by molar-refractivity contribution is -0.136. The third-order valence-corrected chi connectivity index (χ3v) is 8.77. The number of ether oxygens (including phenoxy) is 3. The number of carboxylic acids is 1. The highest BCUT2D eigenvalue weighted by atomic mass is 16.6. The first kappa shape index (κ1) is 28.2. The van der Waals surface area contributed by atoms with Crippen molar-refractivity contribution in [3.8, 4) is 28.1 Å². The van der Waals surface area contributed by atoms with Gasteiger partial charge in [-0.05, 0) is 75.4 Å². The average Bonchev–Trinajstić information content (AvgIpc) is 3.42. The zero-order chi connectivity index (χ0) is 29.4. The summed E-state index contributed by atoms with van der Waals surface area (Å²) in [6, 6.07) is 14.6. The van der Waals surface area contributed by atoms with E-state index in [9.17, 15) is 9.90 Å². The summed E-state index contributed by atoms with van der Waals surface area (Å²) in [6.45, 7) is 11.8. The highest BCUT2D eigenvalue weighted by molar-refractivity contribution is 5.79. The van der Waals surface area contributed by atoms with Gasteiger partial charge in [0.2, 0.25) is 0 Å². The van der Waals surface area contributed by atoms with Gasteiger partial charge in [0, 0.05) is 36.0 Å². The maximum absolute atomic E-state index is 12.0. The molecule has 6 bridgehead atoms. The van der Waals surface area contributed by atoms with Crippen LogP contribution in [0.4, 0.5) is 5.82 Å². The van der Waals surface area contributed by atoms with Gasteiger partial charge in [0.1, 0.15) is 23.8 Å². The molecule has 2 aromatic carbocycles. The number of piperidine rings is 1. The van der Waals surface area contributed by atoms with Gasteiger partial charge in [0.15, 0.2) is 0 Å². The van der Waals surface area contributed by atoms with E-state index in [0.717, 1.165) is 87.8 Å². The predicted octanol–water partition coefficient (Wildman–Crippen LogP) is 6.01. The van der Waals surface area contributed by atoms with E-state index >= 15 is 0 Å². The fraction of sp³-hybridized carbons (Fsp3) is 0.412. The predicted molar refractivity (Wildman–Crippen MR) is 164 cm³/mol. The van der Waals surface area contributed by atoms with Gasteiger partial charge in [-0.25, -0.2) is 4.98 Å². The Morgan fingerprint density at radius 2 is 1.74 bits per heavy atom.